The summed E-state index contributed by atoms with van der Waals surface area (Å²) >= 11 is 0. The lowest BCUT2D eigenvalue weighted by atomic mass is 9.91. The van der Waals surface area contributed by atoms with Gasteiger partial charge in [0.1, 0.15) is 5.54 Å². The fourth-order valence-electron chi connectivity index (χ4n) is 2.63. The first-order chi connectivity index (χ1) is 8.08. The van der Waals surface area contributed by atoms with Gasteiger partial charge in [-0.25, -0.2) is 0 Å². The Hall–Kier alpha value is -1.06. The molecule has 4 nitrogen and oxygen atoms in total. The third-order valence-electron chi connectivity index (χ3n) is 3.89. The molecule has 1 aliphatic carbocycles. The van der Waals surface area contributed by atoms with E-state index in [1.165, 1.54) is 0 Å². The van der Waals surface area contributed by atoms with Crippen LogP contribution >= 0.6 is 0 Å². The highest BCUT2D eigenvalue weighted by Gasteiger charge is 2.52. The second-order valence-corrected chi connectivity index (χ2v) is 5.46. The van der Waals surface area contributed by atoms with Crippen molar-refractivity contribution in [1.29, 1.82) is 0 Å². The van der Waals surface area contributed by atoms with Gasteiger partial charge in [-0.2, -0.15) is 0 Å². The molecule has 1 atom stereocenters. The van der Waals surface area contributed by atoms with Crippen LogP contribution < -0.4 is 5.32 Å². The maximum Gasteiger partial charge on any atom is 0.248 e. The molecule has 1 heterocycles. The number of hydrogen-bond donors (Lipinski definition) is 1. The summed E-state index contributed by atoms with van der Waals surface area (Å²) in [6.45, 7) is 4.99. The van der Waals surface area contributed by atoms with Gasteiger partial charge >= 0.3 is 0 Å². The van der Waals surface area contributed by atoms with Gasteiger partial charge in [-0.15, -0.1) is 0 Å². The van der Waals surface area contributed by atoms with E-state index in [-0.39, 0.29) is 18.4 Å². The Morgan fingerprint density at radius 2 is 2.06 bits per heavy atom. The highest BCUT2D eigenvalue weighted by atomic mass is 16.2. The minimum Gasteiger partial charge on any atom is -0.340 e. The van der Waals surface area contributed by atoms with Crippen LogP contribution in [0.4, 0.5) is 0 Å². The number of carbonyl (C=O) groups is 2. The number of unbranched alkanes of at least 4 members (excludes halogenated alkanes) is 2. The summed E-state index contributed by atoms with van der Waals surface area (Å²) in [6, 6.07) is 0. The molecule has 0 aromatic carbocycles. The van der Waals surface area contributed by atoms with Crippen molar-refractivity contribution in [3.8, 4) is 0 Å². The predicted molar refractivity (Wildman–Crippen MR) is 65.4 cm³/mol. The van der Waals surface area contributed by atoms with Gasteiger partial charge in [-0.3, -0.25) is 9.59 Å². The molecule has 0 radical (unpaired) electrons. The number of piperazine rings is 1. The molecule has 1 aliphatic heterocycles. The molecule has 2 amide bonds. The Kier molecular flexibility index (Phi) is 3.40. The summed E-state index contributed by atoms with van der Waals surface area (Å²) in [5, 5.41) is 2.89. The zero-order chi connectivity index (χ0) is 12.5. The Labute approximate surface area is 103 Å². The fraction of sp³-hybridized carbons (Fsp3) is 0.846. The normalized spacial score (nSPS) is 29.4. The smallest absolute Gasteiger partial charge is 0.248 e. The van der Waals surface area contributed by atoms with Gasteiger partial charge in [0, 0.05) is 6.54 Å². The van der Waals surface area contributed by atoms with E-state index in [2.05, 4.69) is 12.2 Å². The van der Waals surface area contributed by atoms with Crippen LogP contribution in [0.25, 0.3) is 0 Å². The minimum absolute atomic E-state index is 0.00417. The first-order valence-corrected chi connectivity index (χ1v) is 6.68. The number of hydrogen-bond acceptors (Lipinski definition) is 2. The van der Waals surface area contributed by atoms with Gasteiger partial charge in [0.25, 0.3) is 0 Å². The Morgan fingerprint density at radius 3 is 2.65 bits per heavy atom. The molecule has 2 aliphatic rings. The van der Waals surface area contributed by atoms with Crippen LogP contribution in [-0.2, 0) is 9.59 Å². The lowest BCUT2D eigenvalue weighted by molar-refractivity contribution is -0.150. The molecule has 2 rings (SSSR count). The molecule has 0 aromatic rings. The molecule has 1 saturated heterocycles. The topological polar surface area (TPSA) is 49.4 Å². The summed E-state index contributed by atoms with van der Waals surface area (Å²) in [6.07, 6.45) is 5.37. The Bertz CT molecular complexity index is 325. The lowest BCUT2D eigenvalue weighted by Crippen LogP contribution is -2.66. The van der Waals surface area contributed by atoms with Gasteiger partial charge in [-0.1, -0.05) is 19.8 Å². The van der Waals surface area contributed by atoms with Crippen LogP contribution in [0.2, 0.25) is 0 Å². The summed E-state index contributed by atoms with van der Waals surface area (Å²) < 4.78 is 0. The van der Waals surface area contributed by atoms with Crippen molar-refractivity contribution < 1.29 is 9.59 Å². The van der Waals surface area contributed by atoms with Crippen LogP contribution in [0, 0.1) is 5.92 Å². The first kappa shape index (κ1) is 12.4. The predicted octanol–water partition coefficient (Wildman–Crippen LogP) is 1.30. The van der Waals surface area contributed by atoms with Crippen molar-refractivity contribution in [1.82, 2.24) is 10.2 Å². The van der Waals surface area contributed by atoms with E-state index in [4.69, 9.17) is 0 Å². The van der Waals surface area contributed by atoms with Gasteiger partial charge < -0.3 is 10.2 Å². The molecule has 96 valence electrons. The number of carbonyl (C=O) groups excluding carboxylic acids is 2. The van der Waals surface area contributed by atoms with Gasteiger partial charge in [0.2, 0.25) is 11.8 Å². The average molecular weight is 238 g/mol. The van der Waals surface area contributed by atoms with Gasteiger partial charge in [-0.05, 0) is 32.1 Å². The molecule has 4 heteroatoms. The molecule has 0 spiro atoms. The quantitative estimate of drug-likeness (QED) is 0.734. The highest BCUT2D eigenvalue weighted by Crippen LogP contribution is 2.41. The zero-order valence-electron chi connectivity index (χ0n) is 10.8. The van der Waals surface area contributed by atoms with Crippen LogP contribution in [-0.4, -0.2) is 35.3 Å². The molecule has 2 fully saturated rings. The third-order valence-corrected chi connectivity index (χ3v) is 3.89. The summed E-state index contributed by atoms with van der Waals surface area (Å²) in [4.78, 5) is 25.8. The van der Waals surface area contributed by atoms with Crippen LogP contribution in [0.15, 0.2) is 0 Å². The van der Waals surface area contributed by atoms with Crippen molar-refractivity contribution in [3.05, 3.63) is 0 Å². The van der Waals surface area contributed by atoms with Crippen molar-refractivity contribution in [2.24, 2.45) is 5.92 Å². The van der Waals surface area contributed by atoms with Crippen LogP contribution in [0.3, 0.4) is 0 Å². The fourth-order valence-corrected chi connectivity index (χ4v) is 2.63. The van der Waals surface area contributed by atoms with E-state index in [9.17, 15) is 9.59 Å². The van der Waals surface area contributed by atoms with E-state index < -0.39 is 5.54 Å². The zero-order valence-corrected chi connectivity index (χ0v) is 10.8. The SMILES string of the molecule is CCCCCN1CC(=O)NC(C)(C2CC2)C1=O. The molecule has 1 N–H and O–H groups in total. The van der Waals surface area contributed by atoms with Crippen molar-refractivity contribution in [3.63, 3.8) is 0 Å². The average Bonchev–Trinajstić information content (AvgIpc) is 3.09. The van der Waals surface area contributed by atoms with E-state index in [1.54, 1.807) is 4.90 Å². The number of nitrogens with zero attached hydrogens (tertiary/aromatic N) is 1. The largest absolute Gasteiger partial charge is 0.340 e. The third kappa shape index (κ3) is 2.45. The van der Waals surface area contributed by atoms with Crippen molar-refractivity contribution in [2.45, 2.75) is 51.5 Å². The summed E-state index contributed by atoms with van der Waals surface area (Å²) in [5.74, 6) is 0.471. The summed E-state index contributed by atoms with van der Waals surface area (Å²) in [7, 11) is 0. The lowest BCUT2D eigenvalue weighted by Gasteiger charge is -2.40. The van der Waals surface area contributed by atoms with Crippen LogP contribution in [0.1, 0.15) is 46.0 Å². The first-order valence-electron chi connectivity index (χ1n) is 6.68. The second kappa shape index (κ2) is 4.67. The molecule has 17 heavy (non-hydrogen) atoms. The van der Waals surface area contributed by atoms with Crippen molar-refractivity contribution >= 4 is 11.8 Å². The number of nitrogens with one attached hydrogen (secondary N) is 1. The van der Waals surface area contributed by atoms with Crippen molar-refractivity contribution in [2.75, 3.05) is 13.1 Å². The molecule has 1 unspecified atom stereocenters. The standard InChI is InChI=1S/C13H22N2O2/c1-3-4-5-8-15-9-11(16)14-13(2,12(15)17)10-6-7-10/h10H,3-9H2,1-2H3,(H,14,16). The summed E-state index contributed by atoms with van der Waals surface area (Å²) in [5.41, 5.74) is -0.623. The Morgan fingerprint density at radius 1 is 1.35 bits per heavy atom. The van der Waals surface area contributed by atoms with E-state index in [0.29, 0.717) is 5.92 Å². The van der Waals surface area contributed by atoms with Gasteiger partial charge in [0.05, 0.1) is 6.54 Å². The molecule has 0 aromatic heterocycles. The van der Waals surface area contributed by atoms with E-state index in [1.807, 2.05) is 6.92 Å². The minimum atomic E-state index is -0.623. The maximum atomic E-state index is 12.4. The molecular formula is C13H22N2O2. The number of amides is 2. The second-order valence-electron chi connectivity index (χ2n) is 5.46. The molecular weight excluding hydrogens is 216 g/mol. The molecule has 0 bridgehead atoms. The molecule has 1 saturated carbocycles. The van der Waals surface area contributed by atoms with E-state index >= 15 is 0 Å². The maximum absolute atomic E-state index is 12.4. The highest BCUT2D eigenvalue weighted by molar-refractivity contribution is 5.98. The Balaban J connectivity index is 2.01. The monoisotopic (exact) mass is 238 g/mol. The number of rotatable bonds is 5. The van der Waals surface area contributed by atoms with Gasteiger partial charge in [0.15, 0.2) is 0 Å². The van der Waals surface area contributed by atoms with E-state index in [0.717, 1.165) is 38.6 Å². The van der Waals surface area contributed by atoms with Crippen LogP contribution in [0.5, 0.6) is 0 Å².